The van der Waals surface area contributed by atoms with Crippen molar-refractivity contribution in [1.29, 1.82) is 0 Å². The van der Waals surface area contributed by atoms with Gasteiger partial charge in [-0.2, -0.15) is 0 Å². The predicted molar refractivity (Wildman–Crippen MR) is 109 cm³/mol. The van der Waals surface area contributed by atoms with E-state index in [4.69, 9.17) is 4.74 Å². The number of amides is 1. The van der Waals surface area contributed by atoms with E-state index < -0.39 is 10.0 Å². The van der Waals surface area contributed by atoms with E-state index in [1.165, 1.54) is 23.9 Å². The minimum atomic E-state index is -3.53. The summed E-state index contributed by atoms with van der Waals surface area (Å²) >= 11 is 1.44. The van der Waals surface area contributed by atoms with Crippen LogP contribution in [0.15, 0.2) is 34.3 Å². The lowest BCUT2D eigenvalue weighted by atomic mass is 10.3. The molecular weight excluding hydrogens is 414 g/mol. The number of aryl methyl sites for hydroxylation is 1. The van der Waals surface area contributed by atoms with Crippen molar-refractivity contribution in [1.82, 2.24) is 25.2 Å². The van der Waals surface area contributed by atoms with E-state index in [-0.39, 0.29) is 23.5 Å². The highest BCUT2D eigenvalue weighted by atomic mass is 32.2. The standard InChI is InChI=1S/C18H25N5O4S2/c1-13-20-18(22-21-13)28-11-10-19-17(24)12-27-15-6-8-16(9-7-15)29(25,26)23-14-4-2-3-5-14/h6-9,14,23H,2-5,10-12H2,1H3,(H,19,24)(H,20,21,22). The molecule has 3 N–H and O–H groups in total. The number of carbonyl (C=O) groups excluding carboxylic acids is 1. The Kier molecular flexibility index (Phi) is 7.51. The molecule has 1 aliphatic rings. The zero-order valence-electron chi connectivity index (χ0n) is 16.2. The van der Waals surface area contributed by atoms with E-state index >= 15 is 0 Å². The SMILES string of the molecule is Cc1nc(SCCNC(=O)COc2ccc(S(=O)(=O)NC3CCCC3)cc2)n[nH]1. The Hall–Kier alpha value is -2.11. The summed E-state index contributed by atoms with van der Waals surface area (Å²) in [5, 5.41) is 10.2. The fourth-order valence-corrected chi connectivity index (χ4v) is 4.97. The number of ether oxygens (including phenoxy) is 1. The van der Waals surface area contributed by atoms with Crippen LogP contribution in [-0.4, -0.2) is 54.5 Å². The summed E-state index contributed by atoms with van der Waals surface area (Å²) in [6.07, 6.45) is 3.87. The van der Waals surface area contributed by atoms with Crippen molar-refractivity contribution < 1.29 is 17.9 Å². The topological polar surface area (TPSA) is 126 Å². The average Bonchev–Trinajstić information content (AvgIpc) is 3.35. The van der Waals surface area contributed by atoms with Crippen LogP contribution in [0.2, 0.25) is 0 Å². The molecular formula is C18H25N5O4S2. The number of sulfonamides is 1. The third-order valence-electron chi connectivity index (χ3n) is 4.41. The second kappa shape index (κ2) is 10.1. The maximum absolute atomic E-state index is 12.4. The summed E-state index contributed by atoms with van der Waals surface area (Å²) in [7, 11) is -3.53. The first kappa shape index (κ1) is 21.6. The number of hydrogen-bond acceptors (Lipinski definition) is 7. The van der Waals surface area contributed by atoms with Gasteiger partial charge in [0.25, 0.3) is 5.91 Å². The van der Waals surface area contributed by atoms with Gasteiger partial charge in [-0.05, 0) is 44.0 Å². The van der Waals surface area contributed by atoms with Crippen molar-refractivity contribution in [3.8, 4) is 5.75 Å². The molecule has 9 nitrogen and oxygen atoms in total. The van der Waals surface area contributed by atoms with E-state index in [0.717, 1.165) is 31.5 Å². The first-order valence-electron chi connectivity index (χ1n) is 9.46. The maximum atomic E-state index is 12.4. The highest BCUT2D eigenvalue weighted by Gasteiger charge is 2.22. The molecule has 1 aliphatic carbocycles. The number of thioether (sulfide) groups is 1. The molecule has 1 aromatic heterocycles. The molecule has 11 heteroatoms. The Labute approximate surface area is 174 Å². The summed E-state index contributed by atoms with van der Waals surface area (Å²) < 4.78 is 32.9. The van der Waals surface area contributed by atoms with Gasteiger partial charge in [0.2, 0.25) is 15.2 Å². The Morgan fingerprint density at radius 2 is 2.00 bits per heavy atom. The lowest BCUT2D eigenvalue weighted by molar-refractivity contribution is -0.122. The van der Waals surface area contributed by atoms with Crippen LogP contribution in [0, 0.1) is 6.92 Å². The number of rotatable bonds is 10. The lowest BCUT2D eigenvalue weighted by Crippen LogP contribution is -2.32. The number of H-pyrrole nitrogens is 1. The number of nitrogens with zero attached hydrogens (tertiary/aromatic N) is 2. The third kappa shape index (κ3) is 6.72. The van der Waals surface area contributed by atoms with Gasteiger partial charge in [-0.1, -0.05) is 24.6 Å². The second-order valence-electron chi connectivity index (χ2n) is 6.76. The second-order valence-corrected chi connectivity index (χ2v) is 9.54. The van der Waals surface area contributed by atoms with E-state index in [9.17, 15) is 13.2 Å². The number of hydrogen-bond donors (Lipinski definition) is 3. The van der Waals surface area contributed by atoms with E-state index in [1.54, 1.807) is 12.1 Å². The molecule has 1 saturated carbocycles. The van der Waals surface area contributed by atoms with E-state index in [1.807, 2.05) is 6.92 Å². The lowest BCUT2D eigenvalue weighted by Gasteiger charge is -2.13. The molecule has 2 aromatic rings. The average molecular weight is 440 g/mol. The molecule has 0 spiro atoms. The van der Waals surface area contributed by atoms with Gasteiger partial charge in [0.05, 0.1) is 4.90 Å². The summed E-state index contributed by atoms with van der Waals surface area (Å²) in [5.41, 5.74) is 0. The monoisotopic (exact) mass is 439 g/mol. The normalized spacial score (nSPS) is 14.8. The van der Waals surface area contributed by atoms with Gasteiger partial charge in [-0.25, -0.2) is 18.1 Å². The summed E-state index contributed by atoms with van der Waals surface area (Å²) in [5.74, 6) is 1.57. The molecule has 0 atom stereocenters. The van der Waals surface area contributed by atoms with Gasteiger partial charge in [0.1, 0.15) is 11.6 Å². The Bertz CT molecular complexity index is 909. The molecule has 0 unspecified atom stereocenters. The molecule has 29 heavy (non-hydrogen) atoms. The van der Waals surface area contributed by atoms with Crippen LogP contribution in [0.4, 0.5) is 0 Å². The molecule has 1 aromatic carbocycles. The number of aromatic amines is 1. The van der Waals surface area contributed by atoms with Gasteiger partial charge in [-0.3, -0.25) is 9.89 Å². The number of aromatic nitrogens is 3. The van der Waals surface area contributed by atoms with Crippen molar-refractivity contribution >= 4 is 27.7 Å². The zero-order chi connectivity index (χ0) is 20.7. The Morgan fingerprint density at radius 1 is 1.28 bits per heavy atom. The number of nitrogens with one attached hydrogen (secondary N) is 3. The highest BCUT2D eigenvalue weighted by molar-refractivity contribution is 7.99. The Balaban J connectivity index is 1.38. The summed E-state index contributed by atoms with van der Waals surface area (Å²) in [4.78, 5) is 16.2. The molecule has 0 radical (unpaired) electrons. The fraction of sp³-hybridized carbons (Fsp3) is 0.500. The zero-order valence-corrected chi connectivity index (χ0v) is 17.8. The quantitative estimate of drug-likeness (QED) is 0.379. The van der Waals surface area contributed by atoms with Crippen LogP contribution in [-0.2, 0) is 14.8 Å². The number of benzene rings is 1. The number of carbonyl (C=O) groups is 1. The molecule has 1 heterocycles. The van der Waals surface area contributed by atoms with Gasteiger partial charge in [0.15, 0.2) is 6.61 Å². The predicted octanol–water partition coefficient (Wildman–Crippen LogP) is 1.62. The molecule has 1 fully saturated rings. The van der Waals surface area contributed by atoms with Crippen molar-refractivity contribution in [2.45, 2.75) is 48.7 Å². The van der Waals surface area contributed by atoms with Crippen LogP contribution >= 0.6 is 11.8 Å². The molecule has 1 amide bonds. The largest absolute Gasteiger partial charge is 0.484 e. The van der Waals surface area contributed by atoms with E-state index in [2.05, 4.69) is 25.2 Å². The summed E-state index contributed by atoms with van der Waals surface area (Å²) in [6, 6.07) is 6.10. The van der Waals surface area contributed by atoms with Crippen LogP contribution in [0.3, 0.4) is 0 Å². The smallest absolute Gasteiger partial charge is 0.257 e. The molecule has 3 rings (SSSR count). The molecule has 0 bridgehead atoms. The van der Waals surface area contributed by atoms with Crippen LogP contribution in [0.5, 0.6) is 5.75 Å². The van der Waals surface area contributed by atoms with Crippen LogP contribution in [0.25, 0.3) is 0 Å². The minimum absolute atomic E-state index is 0.0191. The van der Waals surface area contributed by atoms with Crippen molar-refractivity contribution in [3.05, 3.63) is 30.1 Å². The van der Waals surface area contributed by atoms with E-state index in [0.29, 0.717) is 23.2 Å². The first-order chi connectivity index (χ1) is 13.9. The first-order valence-corrected chi connectivity index (χ1v) is 11.9. The fourth-order valence-electron chi connectivity index (χ4n) is 2.97. The molecule has 0 saturated heterocycles. The van der Waals surface area contributed by atoms with Crippen molar-refractivity contribution in [2.75, 3.05) is 18.9 Å². The Morgan fingerprint density at radius 3 is 2.66 bits per heavy atom. The third-order valence-corrected chi connectivity index (χ3v) is 6.80. The minimum Gasteiger partial charge on any atom is -0.484 e. The van der Waals surface area contributed by atoms with Gasteiger partial charge in [-0.15, -0.1) is 5.10 Å². The van der Waals surface area contributed by atoms with Gasteiger partial charge >= 0.3 is 0 Å². The van der Waals surface area contributed by atoms with Gasteiger partial charge in [0, 0.05) is 18.3 Å². The van der Waals surface area contributed by atoms with Crippen LogP contribution in [0.1, 0.15) is 31.5 Å². The van der Waals surface area contributed by atoms with Crippen molar-refractivity contribution in [2.24, 2.45) is 0 Å². The summed E-state index contributed by atoms with van der Waals surface area (Å²) in [6.45, 7) is 2.14. The highest BCUT2D eigenvalue weighted by Crippen LogP contribution is 2.21. The van der Waals surface area contributed by atoms with Crippen molar-refractivity contribution in [3.63, 3.8) is 0 Å². The molecule has 158 valence electrons. The molecule has 0 aliphatic heterocycles. The maximum Gasteiger partial charge on any atom is 0.257 e. The van der Waals surface area contributed by atoms with Gasteiger partial charge < -0.3 is 10.1 Å². The van der Waals surface area contributed by atoms with Crippen LogP contribution < -0.4 is 14.8 Å².